The fraction of sp³-hybridized carbons (Fsp3) is 1.00. The van der Waals surface area contributed by atoms with Gasteiger partial charge in [0.05, 0.1) is 41.0 Å². The summed E-state index contributed by atoms with van der Waals surface area (Å²) in [5.41, 5.74) is 0. The number of likely N-dealkylation sites (N-methyl/N-ethyl adjacent to an activating group) is 1. The van der Waals surface area contributed by atoms with Crippen LogP contribution in [0.2, 0.25) is 0 Å². The molecule has 0 aromatic rings. The summed E-state index contributed by atoms with van der Waals surface area (Å²) in [7, 11) is 6.16. The average Bonchev–Trinajstić information content (AvgIpc) is 2.67. The Morgan fingerprint density at radius 2 is 1.26 bits per heavy atom. The highest BCUT2D eigenvalue weighted by molar-refractivity contribution is 4.93. The maximum Gasteiger partial charge on any atom is 0.187 e. The van der Waals surface area contributed by atoms with Gasteiger partial charge < -0.3 is 77.1 Å². The van der Waals surface area contributed by atoms with Crippen LogP contribution in [0.3, 0.4) is 0 Å². The minimum Gasteiger partial charge on any atom is -1.00 e. The molecular formula is C17H36ClNO12. The van der Waals surface area contributed by atoms with Crippen LogP contribution >= 0.6 is 0 Å². The number of aliphatic hydroxyl groups is 9. The lowest BCUT2D eigenvalue weighted by atomic mass is 9.97. The Morgan fingerprint density at radius 3 is 1.68 bits per heavy atom. The predicted octanol–water partition coefficient (Wildman–Crippen LogP) is -8.71. The lowest BCUT2D eigenvalue weighted by Crippen LogP contribution is -3.00. The second kappa shape index (κ2) is 13.5. The van der Waals surface area contributed by atoms with E-state index in [9.17, 15) is 35.7 Å². The highest BCUT2D eigenvalue weighted by Crippen LogP contribution is 2.28. The first-order valence-corrected chi connectivity index (χ1v) is 9.55. The molecule has 2 aliphatic rings. The minimum absolute atomic E-state index is 0. The molecule has 13 nitrogen and oxygen atoms in total. The Balaban J connectivity index is 0.000000975. The second-order valence-corrected chi connectivity index (χ2v) is 8.26. The van der Waals surface area contributed by atoms with Crippen molar-refractivity contribution >= 4 is 0 Å². The second-order valence-electron chi connectivity index (χ2n) is 8.26. The van der Waals surface area contributed by atoms with E-state index < -0.39 is 74.6 Å². The van der Waals surface area contributed by atoms with Gasteiger partial charge in [-0.25, -0.2) is 0 Å². The number of hydrogen-bond acceptors (Lipinski definition) is 12. The first-order valence-electron chi connectivity index (χ1n) is 9.55. The molecule has 14 heteroatoms. The maximum absolute atomic E-state index is 9.94. The van der Waals surface area contributed by atoms with Gasteiger partial charge in [-0.1, -0.05) is 0 Å². The normalized spacial score (nSPS) is 41.0. The molecule has 0 radical (unpaired) electrons. The largest absolute Gasteiger partial charge is 1.00 e. The van der Waals surface area contributed by atoms with E-state index in [0.717, 1.165) is 11.0 Å². The van der Waals surface area contributed by atoms with Gasteiger partial charge in [0.15, 0.2) is 12.6 Å². The summed E-state index contributed by atoms with van der Waals surface area (Å²) in [6.07, 6.45) is -15.6. The van der Waals surface area contributed by atoms with E-state index in [4.69, 9.17) is 24.4 Å². The average molecular weight is 482 g/mol. The first-order chi connectivity index (χ1) is 13.9. The Kier molecular flexibility index (Phi) is 13.4. The quantitative estimate of drug-likeness (QED) is 0.162. The zero-order chi connectivity index (χ0) is 23.2. The third-order valence-corrected chi connectivity index (χ3v) is 4.75. The molecule has 10 atom stereocenters. The van der Waals surface area contributed by atoms with Crippen LogP contribution in [0.15, 0.2) is 0 Å². The van der Waals surface area contributed by atoms with E-state index in [0.29, 0.717) is 0 Å². The molecule has 2 fully saturated rings. The molecule has 0 aromatic heterocycles. The topological polar surface area (TPSA) is 210 Å². The first kappa shape index (κ1) is 30.8. The number of hydrogen-bond donors (Lipinski definition) is 9. The number of ether oxygens (including phenoxy) is 3. The summed E-state index contributed by atoms with van der Waals surface area (Å²) in [5.74, 6) is 0. The molecular weight excluding hydrogens is 446 g/mol. The van der Waals surface area contributed by atoms with Crippen LogP contribution in [0.5, 0.6) is 0 Å². The molecule has 0 bridgehead atoms. The van der Waals surface area contributed by atoms with Gasteiger partial charge in [0.1, 0.15) is 55.4 Å². The molecule has 0 amide bonds. The van der Waals surface area contributed by atoms with Crippen LogP contribution in [-0.2, 0) is 14.2 Å². The Morgan fingerprint density at radius 1 is 0.710 bits per heavy atom. The van der Waals surface area contributed by atoms with Gasteiger partial charge in [0, 0.05) is 0 Å². The number of halogens is 1. The summed E-state index contributed by atoms with van der Waals surface area (Å²) in [4.78, 5) is 0. The van der Waals surface area contributed by atoms with E-state index in [1.165, 1.54) is 0 Å². The van der Waals surface area contributed by atoms with Crippen molar-refractivity contribution in [2.45, 2.75) is 61.4 Å². The van der Waals surface area contributed by atoms with Crippen molar-refractivity contribution in [3.63, 3.8) is 0 Å². The van der Waals surface area contributed by atoms with Gasteiger partial charge in [-0.2, -0.15) is 0 Å². The Bertz CT molecular complexity index is 494. The predicted molar refractivity (Wildman–Crippen MR) is 98.6 cm³/mol. The van der Waals surface area contributed by atoms with Crippen LogP contribution < -0.4 is 12.4 Å². The van der Waals surface area contributed by atoms with Crippen molar-refractivity contribution in [1.82, 2.24) is 0 Å². The third-order valence-electron chi connectivity index (χ3n) is 4.75. The maximum atomic E-state index is 9.94. The monoisotopic (exact) mass is 481 g/mol. The third kappa shape index (κ3) is 8.57. The van der Waals surface area contributed by atoms with E-state index in [1.54, 1.807) is 0 Å². The molecule has 2 heterocycles. The van der Waals surface area contributed by atoms with Gasteiger partial charge in [-0.3, -0.25) is 0 Å². The van der Waals surface area contributed by atoms with E-state index in [1.807, 2.05) is 0 Å². The number of rotatable bonds is 6. The number of nitrogens with zero attached hydrogens (tertiary/aromatic N) is 1. The van der Waals surface area contributed by atoms with Gasteiger partial charge in [0.2, 0.25) is 0 Å². The molecule has 188 valence electrons. The zero-order valence-electron chi connectivity index (χ0n) is 17.7. The van der Waals surface area contributed by atoms with Gasteiger partial charge in [-0.15, -0.1) is 0 Å². The molecule has 0 aromatic carbocycles. The van der Waals surface area contributed by atoms with Crippen molar-refractivity contribution in [3.8, 4) is 0 Å². The summed E-state index contributed by atoms with van der Waals surface area (Å²) < 4.78 is 16.1. The van der Waals surface area contributed by atoms with E-state index >= 15 is 0 Å². The number of aliphatic hydroxyl groups excluding tert-OH is 9. The fourth-order valence-corrected chi connectivity index (χ4v) is 2.87. The summed E-state index contributed by atoms with van der Waals surface area (Å²) in [5, 5.41) is 84.9. The Labute approximate surface area is 186 Å². The lowest BCUT2D eigenvalue weighted by Gasteiger charge is -2.45. The van der Waals surface area contributed by atoms with Crippen molar-refractivity contribution < 1.29 is 77.1 Å². The van der Waals surface area contributed by atoms with Crippen LogP contribution in [0.4, 0.5) is 0 Å². The van der Waals surface area contributed by atoms with Crippen LogP contribution in [0, 0.1) is 0 Å². The van der Waals surface area contributed by atoms with Crippen LogP contribution in [0.25, 0.3) is 0 Å². The van der Waals surface area contributed by atoms with Gasteiger partial charge in [0.25, 0.3) is 0 Å². The molecule has 2 aliphatic heterocycles. The molecule has 2 saturated heterocycles. The molecule has 0 unspecified atom stereocenters. The van der Waals surface area contributed by atoms with Crippen molar-refractivity contribution in [2.24, 2.45) is 0 Å². The summed E-state index contributed by atoms with van der Waals surface area (Å²) in [6.45, 7) is -0.230. The molecule has 0 spiro atoms. The standard InChI is InChI=1S/C12H22O11.C5H14NO.ClH/c13-1-3-5(15)6(16)9(19)12(22-3)23-10-4(2-14)21-11(20)8(18)7(10)17;1-6(2,3)4-5-7;/h3-20H,1-2H2;7H,4-5H2,1-3H3;1H/q;+1;/p-1/t3-,4-,5-,6+,7-,8-,9-,10-,11-,12-;;/m1../s1. The fourth-order valence-electron chi connectivity index (χ4n) is 2.87. The SMILES string of the molecule is C[N+](C)(C)CCO.OC[C@H]1O[C@H](O[C@H]2[C@H](O)[C@@H](O)[C@H](O)O[C@@H]2CO)[C@H](O)[C@@H](O)[C@@H]1O.[Cl-]. The highest BCUT2D eigenvalue weighted by Gasteiger charge is 2.50. The highest BCUT2D eigenvalue weighted by atomic mass is 35.5. The van der Waals surface area contributed by atoms with Gasteiger partial charge in [-0.05, 0) is 0 Å². The summed E-state index contributed by atoms with van der Waals surface area (Å²) >= 11 is 0. The smallest absolute Gasteiger partial charge is 0.187 e. The van der Waals surface area contributed by atoms with E-state index in [-0.39, 0.29) is 19.0 Å². The van der Waals surface area contributed by atoms with Crippen molar-refractivity contribution in [3.05, 3.63) is 0 Å². The lowest BCUT2D eigenvalue weighted by molar-refractivity contribution is -0.870. The molecule has 9 N–H and O–H groups in total. The van der Waals surface area contributed by atoms with Crippen LogP contribution in [-0.4, -0.2) is 159 Å². The van der Waals surface area contributed by atoms with Crippen LogP contribution in [0.1, 0.15) is 0 Å². The van der Waals surface area contributed by atoms with Crippen molar-refractivity contribution in [1.29, 1.82) is 0 Å². The van der Waals surface area contributed by atoms with E-state index in [2.05, 4.69) is 21.1 Å². The molecule has 2 rings (SSSR count). The zero-order valence-corrected chi connectivity index (χ0v) is 18.4. The van der Waals surface area contributed by atoms with Crippen molar-refractivity contribution in [2.75, 3.05) is 47.5 Å². The van der Waals surface area contributed by atoms with Gasteiger partial charge >= 0.3 is 0 Å². The molecule has 0 aliphatic carbocycles. The number of quaternary nitrogens is 1. The molecule has 0 saturated carbocycles. The summed E-state index contributed by atoms with van der Waals surface area (Å²) in [6, 6.07) is 0. The molecule has 31 heavy (non-hydrogen) atoms. The minimum atomic E-state index is -1.74. The Hall–Kier alpha value is -0.230.